The number of benzene rings is 1. The van der Waals surface area contributed by atoms with E-state index in [2.05, 4.69) is 36.6 Å². The molecule has 196 valence electrons. The van der Waals surface area contributed by atoms with E-state index < -0.39 is 30.4 Å². The third kappa shape index (κ3) is 6.14. The molecule has 0 aliphatic carbocycles. The van der Waals surface area contributed by atoms with Crippen LogP contribution in [0.25, 0.3) is 0 Å². The number of likely N-dealkylation sites (tertiary alicyclic amines) is 2. The molecule has 2 aromatic rings. The highest BCUT2D eigenvalue weighted by Crippen LogP contribution is 2.40. The van der Waals surface area contributed by atoms with E-state index in [-0.39, 0.29) is 27.2 Å². The second kappa shape index (κ2) is 11.5. The van der Waals surface area contributed by atoms with Crippen LogP contribution >= 0.6 is 23.1 Å². The van der Waals surface area contributed by atoms with Crippen molar-refractivity contribution in [1.82, 2.24) is 19.5 Å². The largest absolute Gasteiger partial charge is 0.513 e. The minimum absolute atomic E-state index is 0.0600. The number of anilines is 1. The lowest BCUT2D eigenvalue weighted by molar-refractivity contribution is 0.119. The van der Waals surface area contributed by atoms with Gasteiger partial charge in [-0.25, -0.2) is 18.4 Å². The van der Waals surface area contributed by atoms with Crippen LogP contribution in [0.2, 0.25) is 5.02 Å². The van der Waals surface area contributed by atoms with Crippen LogP contribution in [-0.4, -0.2) is 78.8 Å². The minimum atomic E-state index is -1.09. The number of hydrogen-bond acceptors (Lipinski definition) is 9. The zero-order valence-corrected chi connectivity index (χ0v) is 21.3. The number of hydrogen-bond donors (Lipinski definition) is 2. The summed E-state index contributed by atoms with van der Waals surface area (Å²) in [7, 11) is 3.25. The number of methoxy groups -OCH3 is 1. The number of amides is 2. The van der Waals surface area contributed by atoms with Crippen molar-refractivity contribution < 1.29 is 32.6 Å². The van der Waals surface area contributed by atoms with E-state index in [1.807, 2.05) is 0 Å². The number of nitrogens with one attached hydrogen (secondary N) is 2. The van der Waals surface area contributed by atoms with Crippen LogP contribution in [0.5, 0.6) is 11.6 Å². The first kappa shape index (κ1) is 26.3. The lowest BCUT2D eigenvalue weighted by Crippen LogP contribution is -2.45. The summed E-state index contributed by atoms with van der Waals surface area (Å²) in [5.74, 6) is -2.30. The van der Waals surface area contributed by atoms with Crippen molar-refractivity contribution in [2.75, 3.05) is 45.7 Å². The van der Waals surface area contributed by atoms with Gasteiger partial charge < -0.3 is 24.4 Å². The molecule has 2 aliphatic heterocycles. The fourth-order valence-electron chi connectivity index (χ4n) is 4.36. The summed E-state index contributed by atoms with van der Waals surface area (Å²) in [5, 5.41) is 5.27. The standard InChI is InChI=1S/C22H26ClF2N5O5S/c1-29-9-14-8-13(29)10-30(14)5-3-4-26-21(31)27-20-18(35-22(32)33-2)19(28-36-20)34-11-15-16(24)6-12(23)7-17(15)25/h6-7,13-14H,3-5,8-11H2,1-2H3,(H2,26,27,31). The molecule has 10 nitrogen and oxygen atoms in total. The molecule has 2 fully saturated rings. The van der Waals surface area contributed by atoms with Gasteiger partial charge >= 0.3 is 12.2 Å². The van der Waals surface area contributed by atoms with Crippen LogP contribution in [0.15, 0.2) is 12.1 Å². The van der Waals surface area contributed by atoms with Crippen molar-refractivity contribution >= 4 is 40.3 Å². The lowest BCUT2D eigenvalue weighted by atomic mass is 10.2. The summed E-state index contributed by atoms with van der Waals surface area (Å²) in [6.07, 6.45) is 0.889. The highest BCUT2D eigenvalue weighted by atomic mass is 35.5. The van der Waals surface area contributed by atoms with Gasteiger partial charge in [-0.2, -0.15) is 0 Å². The first-order valence-electron chi connectivity index (χ1n) is 11.3. The maximum atomic E-state index is 14.1. The average molecular weight is 546 g/mol. The molecule has 14 heteroatoms. The van der Waals surface area contributed by atoms with Gasteiger partial charge in [0.05, 0.1) is 12.7 Å². The van der Waals surface area contributed by atoms with Gasteiger partial charge in [0.25, 0.3) is 5.88 Å². The molecule has 36 heavy (non-hydrogen) atoms. The number of rotatable bonds is 9. The van der Waals surface area contributed by atoms with Crippen LogP contribution in [0.3, 0.4) is 0 Å². The molecule has 2 unspecified atom stereocenters. The van der Waals surface area contributed by atoms with Gasteiger partial charge in [-0.1, -0.05) is 11.6 Å². The molecule has 2 bridgehead atoms. The van der Waals surface area contributed by atoms with Crippen molar-refractivity contribution in [1.29, 1.82) is 0 Å². The summed E-state index contributed by atoms with van der Waals surface area (Å²) < 4.78 is 47.1. The molecule has 2 saturated heterocycles. The normalized spacial score (nSPS) is 19.4. The highest BCUT2D eigenvalue weighted by Gasteiger charge is 2.40. The number of likely N-dealkylation sites (N-methyl/N-ethyl adjacent to an activating group) is 1. The summed E-state index contributed by atoms with van der Waals surface area (Å²) in [4.78, 5) is 29.0. The topological polar surface area (TPSA) is 105 Å². The summed E-state index contributed by atoms with van der Waals surface area (Å²) in [6.45, 7) is 2.90. The Morgan fingerprint density at radius 3 is 2.64 bits per heavy atom. The van der Waals surface area contributed by atoms with E-state index in [4.69, 9.17) is 21.1 Å². The number of urea groups is 1. The number of carbonyl (C=O) groups excluding carboxylic acids is 2. The van der Waals surface area contributed by atoms with Gasteiger partial charge in [-0.05, 0) is 43.6 Å². The summed E-state index contributed by atoms with van der Waals surface area (Å²) in [6, 6.07) is 2.56. The Hall–Kier alpha value is -2.74. The predicted molar refractivity (Wildman–Crippen MR) is 129 cm³/mol. The number of ether oxygens (including phenoxy) is 3. The van der Waals surface area contributed by atoms with E-state index in [1.165, 1.54) is 6.42 Å². The number of aromatic nitrogens is 1. The zero-order valence-electron chi connectivity index (χ0n) is 19.7. The highest BCUT2D eigenvalue weighted by molar-refractivity contribution is 7.11. The average Bonchev–Trinajstić information content (AvgIpc) is 3.50. The Kier molecular flexibility index (Phi) is 8.44. The predicted octanol–water partition coefficient (Wildman–Crippen LogP) is 3.70. The molecule has 2 amide bonds. The van der Waals surface area contributed by atoms with E-state index in [0.717, 1.165) is 56.8 Å². The summed E-state index contributed by atoms with van der Waals surface area (Å²) >= 11 is 6.40. The van der Waals surface area contributed by atoms with Crippen molar-refractivity contribution in [2.24, 2.45) is 0 Å². The Balaban J connectivity index is 1.32. The molecular weight excluding hydrogens is 520 g/mol. The number of carbonyl (C=O) groups is 2. The van der Waals surface area contributed by atoms with Gasteiger partial charge in [0.2, 0.25) is 5.75 Å². The second-order valence-corrected chi connectivity index (χ2v) is 9.76. The van der Waals surface area contributed by atoms with Gasteiger partial charge in [-0.15, -0.1) is 4.37 Å². The van der Waals surface area contributed by atoms with E-state index in [9.17, 15) is 18.4 Å². The van der Waals surface area contributed by atoms with Crippen molar-refractivity contribution in [2.45, 2.75) is 31.5 Å². The van der Waals surface area contributed by atoms with Crippen LogP contribution in [0, 0.1) is 11.6 Å². The molecular formula is C22H26ClF2N5O5S. The van der Waals surface area contributed by atoms with E-state index in [1.54, 1.807) is 0 Å². The maximum absolute atomic E-state index is 14.1. The number of nitrogens with zero attached hydrogens (tertiary/aromatic N) is 3. The minimum Gasteiger partial charge on any atom is -0.469 e. The molecule has 4 rings (SSSR count). The first-order valence-corrected chi connectivity index (χ1v) is 12.4. The fraction of sp³-hybridized carbons (Fsp3) is 0.500. The van der Waals surface area contributed by atoms with Crippen LogP contribution in [0.4, 0.5) is 23.4 Å². The van der Waals surface area contributed by atoms with E-state index in [0.29, 0.717) is 18.6 Å². The van der Waals surface area contributed by atoms with Gasteiger partial charge in [-0.3, -0.25) is 10.2 Å². The molecule has 1 aromatic heterocycles. The van der Waals surface area contributed by atoms with Crippen LogP contribution < -0.4 is 20.1 Å². The van der Waals surface area contributed by atoms with Gasteiger partial charge in [0, 0.05) is 43.3 Å². The number of fused-ring (bicyclic) bond motifs is 2. The van der Waals surface area contributed by atoms with Crippen molar-refractivity contribution in [3.05, 3.63) is 34.4 Å². The molecule has 0 spiro atoms. The molecule has 0 saturated carbocycles. The molecule has 1 aromatic carbocycles. The third-order valence-electron chi connectivity index (χ3n) is 6.19. The third-order valence-corrected chi connectivity index (χ3v) is 7.14. The van der Waals surface area contributed by atoms with E-state index >= 15 is 0 Å². The van der Waals surface area contributed by atoms with Crippen molar-refractivity contribution in [3.8, 4) is 11.6 Å². The maximum Gasteiger partial charge on any atom is 0.513 e. The Morgan fingerprint density at radius 2 is 2.00 bits per heavy atom. The fourth-order valence-corrected chi connectivity index (χ4v) is 5.21. The first-order chi connectivity index (χ1) is 17.2. The van der Waals surface area contributed by atoms with Crippen LogP contribution in [-0.2, 0) is 11.3 Å². The van der Waals surface area contributed by atoms with Crippen LogP contribution in [0.1, 0.15) is 18.4 Å². The Labute approximate surface area is 215 Å². The Bertz CT molecular complexity index is 1100. The number of piperazine rings is 1. The zero-order chi connectivity index (χ0) is 25.8. The molecule has 2 aliphatic rings. The smallest absolute Gasteiger partial charge is 0.469 e. The molecule has 2 atom stereocenters. The molecule has 2 N–H and O–H groups in total. The number of halogens is 3. The van der Waals surface area contributed by atoms with Gasteiger partial charge in [0.15, 0.2) is 5.00 Å². The Morgan fingerprint density at radius 1 is 1.25 bits per heavy atom. The van der Waals surface area contributed by atoms with Crippen molar-refractivity contribution in [3.63, 3.8) is 0 Å². The lowest BCUT2D eigenvalue weighted by Gasteiger charge is -2.31. The molecule has 3 heterocycles. The molecule has 0 radical (unpaired) electrons. The van der Waals surface area contributed by atoms with Gasteiger partial charge in [0.1, 0.15) is 18.2 Å². The SMILES string of the molecule is COC(=O)Oc1c(OCc2c(F)cc(Cl)cc2F)nsc1NC(=O)NCCCN1CC2CC1CN2C. The monoisotopic (exact) mass is 545 g/mol. The second-order valence-electron chi connectivity index (χ2n) is 8.55. The summed E-state index contributed by atoms with van der Waals surface area (Å²) in [5.41, 5.74) is -0.387. The quantitative estimate of drug-likeness (QED) is 0.363.